The minimum atomic E-state index is -0.441. The zero-order chi connectivity index (χ0) is 17.5. The minimum Gasteiger partial charge on any atom is -0.497 e. The number of carbonyl (C=O) groups excluding carboxylic acids is 3. The molecule has 3 N–H and O–H groups in total. The molecule has 1 fully saturated rings. The van der Waals surface area contributed by atoms with E-state index in [0.717, 1.165) is 12.8 Å². The molecule has 0 atom stereocenters. The van der Waals surface area contributed by atoms with E-state index in [2.05, 4.69) is 16.0 Å². The largest absolute Gasteiger partial charge is 0.497 e. The Hall–Kier alpha value is -2.77. The molecule has 8 nitrogen and oxygen atoms in total. The Labute approximate surface area is 139 Å². The zero-order valence-electron chi connectivity index (χ0n) is 13.7. The molecule has 0 saturated heterocycles. The fourth-order valence-corrected chi connectivity index (χ4v) is 1.95. The normalized spacial score (nSPS) is 12.9. The van der Waals surface area contributed by atoms with E-state index in [-0.39, 0.29) is 25.0 Å². The Kier molecular flexibility index (Phi) is 6.00. The lowest BCUT2D eigenvalue weighted by Gasteiger charge is -2.09. The SMILES string of the molecule is COc1cc(OC)cc(C(=O)NCC(=O)NCC(=O)NC2CC2)c1. The molecule has 0 spiro atoms. The summed E-state index contributed by atoms with van der Waals surface area (Å²) in [5.41, 5.74) is 0.311. The number of nitrogens with one attached hydrogen (secondary N) is 3. The average Bonchev–Trinajstić information content (AvgIpc) is 3.41. The van der Waals surface area contributed by atoms with Crippen LogP contribution >= 0.6 is 0 Å². The molecule has 130 valence electrons. The minimum absolute atomic E-state index is 0.0990. The van der Waals surface area contributed by atoms with E-state index in [0.29, 0.717) is 17.1 Å². The highest BCUT2D eigenvalue weighted by Crippen LogP contribution is 2.22. The van der Waals surface area contributed by atoms with Gasteiger partial charge in [0, 0.05) is 17.7 Å². The summed E-state index contributed by atoms with van der Waals surface area (Å²) in [5, 5.41) is 7.69. The second kappa shape index (κ2) is 8.19. The lowest BCUT2D eigenvalue weighted by molar-refractivity contribution is -0.125. The van der Waals surface area contributed by atoms with Crippen LogP contribution in [0.3, 0.4) is 0 Å². The van der Waals surface area contributed by atoms with Gasteiger partial charge in [0.25, 0.3) is 5.91 Å². The number of ether oxygens (including phenoxy) is 2. The smallest absolute Gasteiger partial charge is 0.251 e. The molecule has 1 saturated carbocycles. The van der Waals surface area contributed by atoms with Gasteiger partial charge >= 0.3 is 0 Å². The van der Waals surface area contributed by atoms with Crippen LogP contribution in [0, 0.1) is 0 Å². The van der Waals surface area contributed by atoms with Crippen LogP contribution in [-0.2, 0) is 9.59 Å². The van der Waals surface area contributed by atoms with Gasteiger partial charge in [-0.2, -0.15) is 0 Å². The van der Waals surface area contributed by atoms with Crippen LogP contribution in [0.15, 0.2) is 18.2 Å². The second-order valence-electron chi connectivity index (χ2n) is 5.40. The molecule has 0 bridgehead atoms. The van der Waals surface area contributed by atoms with E-state index in [9.17, 15) is 14.4 Å². The van der Waals surface area contributed by atoms with Gasteiger partial charge in [-0.3, -0.25) is 14.4 Å². The first-order valence-electron chi connectivity index (χ1n) is 7.59. The lowest BCUT2D eigenvalue weighted by Crippen LogP contribution is -2.42. The van der Waals surface area contributed by atoms with Gasteiger partial charge < -0.3 is 25.4 Å². The first-order chi connectivity index (χ1) is 11.5. The summed E-state index contributed by atoms with van der Waals surface area (Å²) in [6.07, 6.45) is 1.97. The zero-order valence-corrected chi connectivity index (χ0v) is 13.7. The van der Waals surface area contributed by atoms with Crippen LogP contribution in [-0.4, -0.2) is 51.1 Å². The summed E-state index contributed by atoms with van der Waals surface area (Å²) in [7, 11) is 2.97. The van der Waals surface area contributed by atoms with E-state index in [1.165, 1.54) is 14.2 Å². The van der Waals surface area contributed by atoms with Gasteiger partial charge in [-0.25, -0.2) is 0 Å². The molecule has 1 aromatic carbocycles. The molecular formula is C16H21N3O5. The molecular weight excluding hydrogens is 314 g/mol. The van der Waals surface area contributed by atoms with E-state index in [1.807, 2.05) is 0 Å². The molecule has 0 unspecified atom stereocenters. The molecule has 1 aromatic rings. The molecule has 24 heavy (non-hydrogen) atoms. The molecule has 0 aliphatic heterocycles. The molecule has 1 aliphatic rings. The summed E-state index contributed by atoms with van der Waals surface area (Å²) in [6.45, 7) is -0.326. The van der Waals surface area contributed by atoms with Crippen molar-refractivity contribution < 1.29 is 23.9 Å². The van der Waals surface area contributed by atoms with Gasteiger partial charge in [-0.15, -0.1) is 0 Å². The third kappa shape index (κ3) is 5.45. The predicted molar refractivity (Wildman–Crippen MR) is 86.1 cm³/mol. The third-order valence-corrected chi connectivity index (χ3v) is 3.41. The van der Waals surface area contributed by atoms with Gasteiger partial charge in [-0.1, -0.05) is 0 Å². The van der Waals surface area contributed by atoms with Crippen LogP contribution in [0.4, 0.5) is 0 Å². The highest BCUT2D eigenvalue weighted by atomic mass is 16.5. The summed E-state index contributed by atoms with van der Waals surface area (Å²) < 4.78 is 10.2. The number of hydrogen-bond acceptors (Lipinski definition) is 5. The van der Waals surface area contributed by atoms with Gasteiger partial charge in [0.1, 0.15) is 11.5 Å². The fourth-order valence-electron chi connectivity index (χ4n) is 1.95. The molecule has 3 amide bonds. The van der Waals surface area contributed by atoms with Crippen molar-refractivity contribution in [2.45, 2.75) is 18.9 Å². The maximum atomic E-state index is 12.1. The fraction of sp³-hybridized carbons (Fsp3) is 0.438. The predicted octanol–water partition coefficient (Wildman–Crippen LogP) is -0.172. The van der Waals surface area contributed by atoms with Crippen molar-refractivity contribution in [3.63, 3.8) is 0 Å². The standard InChI is InChI=1S/C16H21N3O5/c1-23-12-5-10(6-13(7-12)24-2)16(22)18-8-14(20)17-9-15(21)19-11-3-4-11/h5-7,11H,3-4,8-9H2,1-2H3,(H,17,20)(H,18,22)(H,19,21). The Bertz CT molecular complexity index is 606. The number of amides is 3. The third-order valence-electron chi connectivity index (χ3n) is 3.41. The Morgan fingerprint density at radius 3 is 2.08 bits per heavy atom. The lowest BCUT2D eigenvalue weighted by atomic mass is 10.2. The molecule has 8 heteroatoms. The molecule has 0 aromatic heterocycles. The quantitative estimate of drug-likeness (QED) is 0.612. The summed E-state index contributed by atoms with van der Waals surface area (Å²) in [5.74, 6) is -0.162. The Morgan fingerprint density at radius 1 is 0.958 bits per heavy atom. The molecule has 2 rings (SSSR count). The first-order valence-corrected chi connectivity index (χ1v) is 7.59. The van der Waals surface area contributed by atoms with E-state index >= 15 is 0 Å². The van der Waals surface area contributed by atoms with Gasteiger partial charge in [0.15, 0.2) is 0 Å². The molecule has 0 heterocycles. The highest BCUT2D eigenvalue weighted by Gasteiger charge is 2.23. The van der Waals surface area contributed by atoms with Crippen LogP contribution in [0.5, 0.6) is 11.5 Å². The number of hydrogen-bond donors (Lipinski definition) is 3. The number of benzene rings is 1. The van der Waals surface area contributed by atoms with Crippen LogP contribution < -0.4 is 25.4 Å². The van der Waals surface area contributed by atoms with Crippen molar-refractivity contribution in [2.24, 2.45) is 0 Å². The first kappa shape index (κ1) is 17.6. The summed E-state index contributed by atoms with van der Waals surface area (Å²) in [6, 6.07) is 4.97. The van der Waals surface area contributed by atoms with Crippen molar-refractivity contribution in [3.8, 4) is 11.5 Å². The van der Waals surface area contributed by atoms with Crippen molar-refractivity contribution >= 4 is 17.7 Å². The molecule has 0 radical (unpaired) electrons. The average molecular weight is 335 g/mol. The van der Waals surface area contributed by atoms with Crippen molar-refractivity contribution in [1.29, 1.82) is 0 Å². The van der Waals surface area contributed by atoms with Crippen LogP contribution in [0.25, 0.3) is 0 Å². The van der Waals surface area contributed by atoms with E-state index < -0.39 is 11.8 Å². The summed E-state index contributed by atoms with van der Waals surface area (Å²) >= 11 is 0. The van der Waals surface area contributed by atoms with Crippen LogP contribution in [0.1, 0.15) is 23.2 Å². The Balaban J connectivity index is 1.79. The highest BCUT2D eigenvalue weighted by molar-refractivity contribution is 5.97. The van der Waals surface area contributed by atoms with E-state index in [4.69, 9.17) is 9.47 Å². The van der Waals surface area contributed by atoms with Gasteiger partial charge in [0.05, 0.1) is 27.3 Å². The van der Waals surface area contributed by atoms with Gasteiger partial charge in [0.2, 0.25) is 11.8 Å². The number of methoxy groups -OCH3 is 2. The Morgan fingerprint density at radius 2 is 1.54 bits per heavy atom. The monoisotopic (exact) mass is 335 g/mol. The number of carbonyl (C=O) groups is 3. The summed E-state index contributed by atoms with van der Waals surface area (Å²) in [4.78, 5) is 35.2. The molecule has 1 aliphatic carbocycles. The van der Waals surface area contributed by atoms with Crippen molar-refractivity contribution in [1.82, 2.24) is 16.0 Å². The van der Waals surface area contributed by atoms with Crippen molar-refractivity contribution in [2.75, 3.05) is 27.3 Å². The van der Waals surface area contributed by atoms with Crippen LogP contribution in [0.2, 0.25) is 0 Å². The van der Waals surface area contributed by atoms with Crippen molar-refractivity contribution in [3.05, 3.63) is 23.8 Å². The second-order valence-corrected chi connectivity index (χ2v) is 5.40. The van der Waals surface area contributed by atoms with Gasteiger partial charge in [-0.05, 0) is 25.0 Å². The number of rotatable bonds is 8. The topological polar surface area (TPSA) is 106 Å². The van der Waals surface area contributed by atoms with E-state index in [1.54, 1.807) is 18.2 Å². The maximum absolute atomic E-state index is 12.1. The maximum Gasteiger partial charge on any atom is 0.251 e.